The van der Waals surface area contributed by atoms with Crippen LogP contribution in [0.25, 0.3) is 0 Å². The van der Waals surface area contributed by atoms with Crippen LogP contribution >= 0.6 is 35.0 Å². The molecule has 1 fully saturated rings. The van der Waals surface area contributed by atoms with E-state index < -0.39 is 0 Å². The fraction of sp³-hybridized carbons (Fsp3) is 0.571. The van der Waals surface area contributed by atoms with Gasteiger partial charge < -0.3 is 5.32 Å². The van der Waals surface area contributed by atoms with Crippen molar-refractivity contribution in [1.82, 2.24) is 5.32 Å². The lowest BCUT2D eigenvalue weighted by Crippen LogP contribution is -2.33. The molecule has 18 heavy (non-hydrogen) atoms. The van der Waals surface area contributed by atoms with Crippen molar-refractivity contribution in [3.05, 3.63) is 33.8 Å². The van der Waals surface area contributed by atoms with Crippen LogP contribution in [-0.2, 0) is 6.54 Å². The van der Waals surface area contributed by atoms with Crippen LogP contribution in [-0.4, -0.2) is 17.0 Å². The van der Waals surface area contributed by atoms with Crippen molar-refractivity contribution in [3.8, 4) is 0 Å². The van der Waals surface area contributed by atoms with Crippen molar-refractivity contribution in [3.63, 3.8) is 0 Å². The van der Waals surface area contributed by atoms with Crippen molar-refractivity contribution in [2.24, 2.45) is 0 Å². The quantitative estimate of drug-likeness (QED) is 0.842. The van der Waals surface area contributed by atoms with Crippen LogP contribution in [0, 0.1) is 0 Å². The molecule has 0 bridgehead atoms. The summed E-state index contributed by atoms with van der Waals surface area (Å²) in [6, 6.07) is 6.35. The first kappa shape index (κ1) is 14.5. The van der Waals surface area contributed by atoms with Crippen LogP contribution in [0.4, 0.5) is 0 Å². The van der Waals surface area contributed by atoms with Gasteiger partial charge in [-0.25, -0.2) is 0 Å². The smallest absolute Gasteiger partial charge is 0.0465 e. The number of rotatable bonds is 5. The Bertz CT molecular complexity index is 397. The zero-order valence-electron chi connectivity index (χ0n) is 10.6. The van der Waals surface area contributed by atoms with Gasteiger partial charge in [0, 0.05) is 27.9 Å². The Kier molecular flexibility index (Phi) is 5.68. The maximum atomic E-state index is 6.18. The molecule has 0 radical (unpaired) electrons. The molecule has 0 aromatic heterocycles. The van der Waals surface area contributed by atoms with Gasteiger partial charge in [0.1, 0.15) is 0 Å². The Hall–Kier alpha value is 0.110. The molecule has 2 rings (SSSR count). The standard InChI is InChI=1S/C14H19Cl2NS/c1-2-18-14-5-3-4-13(14)17-9-10-6-7-11(15)8-12(10)16/h6-8,13-14,17H,2-5,9H2,1H3. The van der Waals surface area contributed by atoms with Crippen molar-refractivity contribution >= 4 is 35.0 Å². The van der Waals surface area contributed by atoms with E-state index in [0.717, 1.165) is 22.4 Å². The summed E-state index contributed by atoms with van der Waals surface area (Å²) >= 11 is 14.2. The van der Waals surface area contributed by atoms with Gasteiger partial charge in [-0.2, -0.15) is 11.8 Å². The number of halogens is 2. The topological polar surface area (TPSA) is 12.0 Å². The molecule has 0 aliphatic heterocycles. The zero-order valence-corrected chi connectivity index (χ0v) is 12.9. The van der Waals surface area contributed by atoms with Gasteiger partial charge in [0.2, 0.25) is 0 Å². The molecule has 1 aliphatic carbocycles. The highest BCUT2D eigenvalue weighted by Crippen LogP contribution is 2.30. The monoisotopic (exact) mass is 303 g/mol. The first-order chi connectivity index (χ1) is 8.70. The Balaban J connectivity index is 1.90. The summed E-state index contributed by atoms with van der Waals surface area (Å²) in [5.41, 5.74) is 1.13. The van der Waals surface area contributed by atoms with Gasteiger partial charge in [-0.15, -0.1) is 0 Å². The molecular formula is C14H19Cl2NS. The first-order valence-electron chi connectivity index (χ1n) is 6.49. The lowest BCUT2D eigenvalue weighted by Gasteiger charge is -2.20. The van der Waals surface area contributed by atoms with Crippen molar-refractivity contribution < 1.29 is 0 Å². The molecule has 0 amide bonds. The Morgan fingerprint density at radius 1 is 1.33 bits per heavy atom. The SMILES string of the molecule is CCSC1CCCC1NCc1ccc(Cl)cc1Cl. The molecule has 1 saturated carbocycles. The van der Waals surface area contributed by atoms with Crippen molar-refractivity contribution in [2.75, 3.05) is 5.75 Å². The largest absolute Gasteiger partial charge is 0.309 e. The molecule has 1 aliphatic rings. The van der Waals surface area contributed by atoms with Crippen molar-refractivity contribution in [2.45, 2.75) is 44.0 Å². The van der Waals surface area contributed by atoms with E-state index in [9.17, 15) is 0 Å². The van der Waals surface area contributed by atoms with Crippen LogP contribution in [0.3, 0.4) is 0 Å². The lowest BCUT2D eigenvalue weighted by atomic mass is 10.2. The average Bonchev–Trinajstić information content (AvgIpc) is 2.76. The number of thioether (sulfide) groups is 1. The van der Waals surface area contributed by atoms with Crippen LogP contribution in [0.1, 0.15) is 31.7 Å². The highest BCUT2D eigenvalue weighted by molar-refractivity contribution is 7.99. The lowest BCUT2D eigenvalue weighted by molar-refractivity contribution is 0.532. The van der Waals surface area contributed by atoms with Gasteiger partial charge in [0.15, 0.2) is 0 Å². The summed E-state index contributed by atoms with van der Waals surface area (Å²) in [6.45, 7) is 3.07. The van der Waals surface area contributed by atoms with Crippen LogP contribution in [0.15, 0.2) is 18.2 Å². The van der Waals surface area contributed by atoms with E-state index in [-0.39, 0.29) is 0 Å². The highest BCUT2D eigenvalue weighted by atomic mass is 35.5. The minimum Gasteiger partial charge on any atom is -0.309 e. The van der Waals surface area contributed by atoms with Crippen LogP contribution in [0.2, 0.25) is 10.0 Å². The van der Waals surface area contributed by atoms with E-state index in [0.29, 0.717) is 11.1 Å². The van der Waals surface area contributed by atoms with Gasteiger partial charge in [-0.1, -0.05) is 42.6 Å². The molecule has 0 heterocycles. The number of hydrogen-bond donors (Lipinski definition) is 1. The minimum absolute atomic E-state index is 0.627. The fourth-order valence-electron chi connectivity index (χ4n) is 2.48. The van der Waals surface area contributed by atoms with E-state index in [1.165, 1.54) is 25.0 Å². The fourth-order valence-corrected chi connectivity index (χ4v) is 4.18. The molecule has 1 aromatic carbocycles. The van der Waals surface area contributed by atoms with Crippen LogP contribution < -0.4 is 5.32 Å². The summed E-state index contributed by atoms with van der Waals surface area (Å²) in [5.74, 6) is 1.20. The molecule has 1 N–H and O–H groups in total. The third kappa shape index (κ3) is 3.80. The van der Waals surface area contributed by atoms with Crippen molar-refractivity contribution in [1.29, 1.82) is 0 Å². The Morgan fingerprint density at radius 2 is 2.17 bits per heavy atom. The first-order valence-corrected chi connectivity index (χ1v) is 8.30. The second-order valence-electron chi connectivity index (χ2n) is 4.65. The van der Waals surface area contributed by atoms with Gasteiger partial charge in [-0.3, -0.25) is 0 Å². The minimum atomic E-state index is 0.627. The predicted molar refractivity (Wildman–Crippen MR) is 82.9 cm³/mol. The molecule has 1 aromatic rings. The summed E-state index contributed by atoms with van der Waals surface area (Å²) in [6.07, 6.45) is 3.96. The van der Waals surface area contributed by atoms with Gasteiger partial charge in [0.05, 0.1) is 0 Å². The number of benzene rings is 1. The van der Waals surface area contributed by atoms with E-state index >= 15 is 0 Å². The zero-order chi connectivity index (χ0) is 13.0. The normalized spacial score (nSPS) is 23.5. The third-order valence-electron chi connectivity index (χ3n) is 3.40. The maximum absolute atomic E-state index is 6.18. The van der Waals surface area contributed by atoms with E-state index in [1.54, 1.807) is 0 Å². The predicted octanol–water partition coefficient (Wildman–Crippen LogP) is 4.76. The third-order valence-corrected chi connectivity index (χ3v) is 5.32. The molecule has 100 valence electrons. The Labute approximate surface area is 124 Å². The van der Waals surface area contributed by atoms with Gasteiger partial charge in [0.25, 0.3) is 0 Å². The van der Waals surface area contributed by atoms with Crippen LogP contribution in [0.5, 0.6) is 0 Å². The molecule has 2 unspecified atom stereocenters. The van der Waals surface area contributed by atoms with Gasteiger partial charge >= 0.3 is 0 Å². The molecule has 2 atom stereocenters. The van der Waals surface area contributed by atoms with Gasteiger partial charge in [-0.05, 0) is 36.3 Å². The summed E-state index contributed by atoms with van der Waals surface area (Å²) in [5, 5.41) is 5.86. The average molecular weight is 304 g/mol. The molecular weight excluding hydrogens is 285 g/mol. The molecule has 0 spiro atoms. The molecule has 0 saturated heterocycles. The van der Waals surface area contributed by atoms with E-state index in [2.05, 4.69) is 24.0 Å². The maximum Gasteiger partial charge on any atom is 0.0465 e. The summed E-state index contributed by atoms with van der Waals surface area (Å²) in [7, 11) is 0. The second kappa shape index (κ2) is 7.04. The second-order valence-corrected chi connectivity index (χ2v) is 7.01. The highest BCUT2D eigenvalue weighted by Gasteiger charge is 2.26. The molecule has 1 nitrogen and oxygen atoms in total. The Morgan fingerprint density at radius 3 is 2.89 bits per heavy atom. The summed E-state index contributed by atoms with van der Waals surface area (Å²) in [4.78, 5) is 0. The van der Waals surface area contributed by atoms with E-state index in [1.807, 2.05) is 18.2 Å². The van der Waals surface area contributed by atoms with E-state index in [4.69, 9.17) is 23.2 Å². The molecule has 4 heteroatoms. The number of hydrogen-bond acceptors (Lipinski definition) is 2. The summed E-state index contributed by atoms with van der Waals surface area (Å²) < 4.78 is 0. The number of nitrogens with one attached hydrogen (secondary N) is 1.